The average Bonchev–Trinajstić information content (AvgIpc) is 3.17. The molecule has 0 aromatic heterocycles. The summed E-state index contributed by atoms with van der Waals surface area (Å²) >= 11 is 0. The minimum atomic E-state index is -3.99. The number of amides is 2. The van der Waals surface area contributed by atoms with E-state index < -0.39 is 37.2 Å². The number of carboxylic acid groups (broad SMARTS) is 1. The molecule has 1 fully saturated rings. The number of likely N-dealkylation sites (tertiary alicyclic amines) is 1. The zero-order valence-electron chi connectivity index (χ0n) is 18.4. The Kier molecular flexibility index (Phi) is 8.83. The maximum Gasteiger partial charge on any atom is 0.307 e. The van der Waals surface area contributed by atoms with Crippen molar-refractivity contribution >= 4 is 25.2 Å². The molecular formula is C22H33N2O6P. The summed E-state index contributed by atoms with van der Waals surface area (Å²) in [6.07, 6.45) is 1.06. The molecule has 0 spiro atoms. The zero-order valence-corrected chi connectivity index (χ0v) is 19.3. The number of benzene rings is 1. The van der Waals surface area contributed by atoms with Crippen molar-refractivity contribution in [3.63, 3.8) is 0 Å². The van der Waals surface area contributed by atoms with Gasteiger partial charge >= 0.3 is 5.97 Å². The van der Waals surface area contributed by atoms with Crippen LogP contribution in [0.2, 0.25) is 0 Å². The van der Waals surface area contributed by atoms with Crippen LogP contribution in [0.4, 0.5) is 0 Å². The molecule has 9 heteroatoms. The molecule has 4 unspecified atom stereocenters. The van der Waals surface area contributed by atoms with E-state index in [0.29, 0.717) is 25.8 Å². The summed E-state index contributed by atoms with van der Waals surface area (Å²) in [5, 5.41) is 12.3. The smallest absolute Gasteiger partial charge is 0.307 e. The highest BCUT2D eigenvalue weighted by Crippen LogP contribution is 2.53. The molecule has 8 nitrogen and oxygen atoms in total. The van der Waals surface area contributed by atoms with E-state index in [4.69, 9.17) is 0 Å². The van der Waals surface area contributed by atoms with Gasteiger partial charge in [-0.1, -0.05) is 44.2 Å². The number of carboxylic acids is 1. The normalized spacial score (nSPS) is 20.2. The number of hydrogen-bond acceptors (Lipinski definition) is 4. The lowest BCUT2D eigenvalue weighted by atomic mass is 10.0. The van der Waals surface area contributed by atoms with Crippen LogP contribution in [-0.4, -0.2) is 57.2 Å². The van der Waals surface area contributed by atoms with Crippen LogP contribution in [0, 0.1) is 11.8 Å². The van der Waals surface area contributed by atoms with Crippen LogP contribution in [0.5, 0.6) is 0 Å². The zero-order chi connectivity index (χ0) is 23.2. The van der Waals surface area contributed by atoms with Gasteiger partial charge in [-0.15, -0.1) is 0 Å². The quantitative estimate of drug-likeness (QED) is 0.469. The first kappa shape index (κ1) is 25.1. The number of hydrogen-bond donors (Lipinski definition) is 3. The first-order valence-electron chi connectivity index (χ1n) is 10.7. The summed E-state index contributed by atoms with van der Waals surface area (Å²) in [5.41, 5.74) is 0.775. The lowest BCUT2D eigenvalue weighted by Crippen LogP contribution is -2.50. The van der Waals surface area contributed by atoms with Gasteiger partial charge in [-0.25, -0.2) is 0 Å². The third kappa shape index (κ3) is 7.18. The molecule has 2 amide bonds. The van der Waals surface area contributed by atoms with Crippen LogP contribution in [0.15, 0.2) is 30.3 Å². The van der Waals surface area contributed by atoms with Crippen molar-refractivity contribution in [3.8, 4) is 0 Å². The third-order valence-corrected chi connectivity index (χ3v) is 7.94. The summed E-state index contributed by atoms with van der Waals surface area (Å²) in [6.45, 7) is 5.52. The second kappa shape index (κ2) is 10.9. The molecule has 0 aliphatic carbocycles. The fraction of sp³-hybridized carbons (Fsp3) is 0.591. The van der Waals surface area contributed by atoms with Gasteiger partial charge in [0.25, 0.3) is 0 Å². The Morgan fingerprint density at radius 1 is 1.23 bits per heavy atom. The van der Waals surface area contributed by atoms with Crippen molar-refractivity contribution in [2.24, 2.45) is 11.8 Å². The summed E-state index contributed by atoms with van der Waals surface area (Å²) < 4.78 is 13.3. The summed E-state index contributed by atoms with van der Waals surface area (Å²) in [7, 11) is -3.99. The molecule has 2 rings (SSSR count). The van der Waals surface area contributed by atoms with Gasteiger partial charge in [0.2, 0.25) is 19.2 Å². The molecule has 1 aromatic rings. The Labute approximate surface area is 183 Å². The lowest BCUT2D eigenvalue weighted by molar-refractivity contribution is -0.141. The molecule has 4 atom stereocenters. The summed E-state index contributed by atoms with van der Waals surface area (Å²) in [6, 6.07) is 8.21. The fourth-order valence-corrected chi connectivity index (χ4v) is 6.54. The van der Waals surface area contributed by atoms with Gasteiger partial charge < -0.3 is 20.2 Å². The van der Waals surface area contributed by atoms with Gasteiger partial charge in [0.15, 0.2) is 0 Å². The first-order chi connectivity index (χ1) is 14.5. The minimum Gasteiger partial charge on any atom is -0.481 e. The summed E-state index contributed by atoms with van der Waals surface area (Å²) in [4.78, 5) is 48.8. The van der Waals surface area contributed by atoms with E-state index in [1.165, 1.54) is 11.8 Å². The standard InChI is InChI=1S/C22H33N2O6P/c1-15(2)12-19(23-16(3)25)21(26)24-11-7-10-20(24)31(29,30)14-18(22(27)28)13-17-8-5-4-6-9-17/h4-6,8-9,15,18-20H,7,10-14H2,1-3H3,(H,23,25)(H,27,28)(H,29,30). The molecule has 3 N–H and O–H groups in total. The molecule has 0 bridgehead atoms. The van der Waals surface area contributed by atoms with Gasteiger partial charge in [0, 0.05) is 19.6 Å². The molecule has 1 aliphatic heterocycles. The number of rotatable bonds is 10. The number of nitrogens with zero attached hydrogens (tertiary/aromatic N) is 1. The Hall–Kier alpha value is -2.18. The number of carbonyl (C=O) groups excluding carboxylic acids is 2. The fourth-order valence-electron chi connectivity index (χ4n) is 4.13. The van der Waals surface area contributed by atoms with E-state index in [9.17, 15) is 28.9 Å². The van der Waals surface area contributed by atoms with Gasteiger partial charge in [-0.05, 0) is 37.2 Å². The molecule has 1 aliphatic rings. The van der Waals surface area contributed by atoms with Crippen molar-refractivity contribution in [2.45, 2.75) is 58.3 Å². The number of aliphatic carboxylic acids is 1. The minimum absolute atomic E-state index is 0.142. The maximum atomic E-state index is 13.3. The second-order valence-electron chi connectivity index (χ2n) is 8.70. The van der Waals surface area contributed by atoms with E-state index in [2.05, 4.69) is 5.32 Å². The maximum absolute atomic E-state index is 13.3. The van der Waals surface area contributed by atoms with Crippen molar-refractivity contribution in [1.82, 2.24) is 10.2 Å². The van der Waals surface area contributed by atoms with Gasteiger partial charge in [0.1, 0.15) is 11.8 Å². The highest BCUT2D eigenvalue weighted by atomic mass is 31.2. The van der Waals surface area contributed by atoms with Crippen molar-refractivity contribution in [2.75, 3.05) is 12.7 Å². The Balaban J connectivity index is 2.19. The SMILES string of the molecule is CC(=O)NC(CC(C)C)C(=O)N1CCCC1P(=O)(O)CC(Cc1ccccc1)C(=O)O. The second-order valence-corrected chi connectivity index (χ2v) is 11.2. The van der Waals surface area contributed by atoms with Crippen LogP contribution < -0.4 is 5.32 Å². The molecule has 31 heavy (non-hydrogen) atoms. The van der Waals surface area contributed by atoms with Crippen molar-refractivity contribution in [3.05, 3.63) is 35.9 Å². The van der Waals surface area contributed by atoms with Gasteiger partial charge in [-0.3, -0.25) is 18.9 Å². The average molecular weight is 452 g/mol. The molecule has 0 saturated carbocycles. The van der Waals surface area contributed by atoms with Crippen LogP contribution in [0.1, 0.15) is 45.6 Å². The molecule has 1 aromatic carbocycles. The van der Waals surface area contributed by atoms with Gasteiger partial charge in [0.05, 0.1) is 5.92 Å². The van der Waals surface area contributed by atoms with E-state index in [1.54, 1.807) is 24.3 Å². The van der Waals surface area contributed by atoms with E-state index in [-0.39, 0.29) is 24.2 Å². The molecule has 172 valence electrons. The Morgan fingerprint density at radius 3 is 2.42 bits per heavy atom. The van der Waals surface area contributed by atoms with Gasteiger partial charge in [-0.2, -0.15) is 0 Å². The van der Waals surface area contributed by atoms with Crippen LogP contribution in [-0.2, 0) is 25.4 Å². The predicted molar refractivity (Wildman–Crippen MR) is 118 cm³/mol. The Morgan fingerprint density at radius 2 is 1.87 bits per heavy atom. The molecule has 1 saturated heterocycles. The highest BCUT2D eigenvalue weighted by molar-refractivity contribution is 7.58. The largest absolute Gasteiger partial charge is 0.481 e. The van der Waals surface area contributed by atoms with Crippen LogP contribution in [0.25, 0.3) is 0 Å². The van der Waals surface area contributed by atoms with E-state index >= 15 is 0 Å². The summed E-state index contributed by atoms with van der Waals surface area (Å²) in [5.74, 6) is -3.67. The van der Waals surface area contributed by atoms with Crippen LogP contribution in [0.3, 0.4) is 0 Å². The predicted octanol–water partition coefficient (Wildman–Crippen LogP) is 2.70. The number of carbonyl (C=O) groups is 3. The lowest BCUT2D eigenvalue weighted by Gasteiger charge is -2.33. The topological polar surface area (TPSA) is 124 Å². The monoisotopic (exact) mass is 452 g/mol. The molecule has 0 radical (unpaired) electrons. The van der Waals surface area contributed by atoms with Crippen LogP contribution >= 0.6 is 7.37 Å². The molecule has 1 heterocycles. The first-order valence-corrected chi connectivity index (χ1v) is 12.6. The molecular weight excluding hydrogens is 419 g/mol. The van der Waals surface area contributed by atoms with E-state index in [1.807, 2.05) is 19.9 Å². The third-order valence-electron chi connectivity index (χ3n) is 5.51. The highest BCUT2D eigenvalue weighted by Gasteiger charge is 2.45. The number of nitrogens with one attached hydrogen (secondary N) is 1. The van der Waals surface area contributed by atoms with E-state index in [0.717, 1.165) is 5.56 Å². The van der Waals surface area contributed by atoms with Crippen molar-refractivity contribution < 1.29 is 28.9 Å². The Bertz CT molecular complexity index is 829. The van der Waals surface area contributed by atoms with Crippen molar-refractivity contribution in [1.29, 1.82) is 0 Å².